The number of carbonyl (C=O) groups excluding carboxylic acids is 2. The van der Waals surface area contributed by atoms with Crippen LogP contribution in [0.1, 0.15) is 23.7 Å². The average molecular weight is 253 g/mol. The Bertz CT molecular complexity index is 443. The first-order valence-corrected chi connectivity index (χ1v) is 5.92. The van der Waals surface area contributed by atoms with Crippen molar-refractivity contribution in [3.8, 4) is 0 Å². The molecule has 0 bridgehead atoms. The Morgan fingerprint density at radius 1 is 1.41 bits per heavy atom. The fraction of sp³-hybridized carbons (Fsp3) is 0.385. The number of carbonyl (C=O) groups is 2. The summed E-state index contributed by atoms with van der Waals surface area (Å²) in [6, 6.07) is 8.86. The summed E-state index contributed by atoms with van der Waals surface area (Å²) in [4.78, 5) is 22.5. The molecule has 17 heavy (non-hydrogen) atoms. The van der Waals surface area contributed by atoms with E-state index in [2.05, 4.69) is 0 Å². The molecule has 1 aromatic rings. The van der Waals surface area contributed by atoms with Crippen LogP contribution in [0.5, 0.6) is 0 Å². The zero-order valence-corrected chi connectivity index (χ0v) is 10.2. The smallest absolute Gasteiger partial charge is 0.327 e. The Balaban J connectivity index is 2.08. The minimum atomic E-state index is -1.14. The summed E-state index contributed by atoms with van der Waals surface area (Å²) in [6.07, 6.45) is 0.362. The Morgan fingerprint density at radius 2 is 2.06 bits per heavy atom. The highest BCUT2D eigenvalue weighted by molar-refractivity contribution is 6.39. The summed E-state index contributed by atoms with van der Waals surface area (Å²) in [6.45, 7) is 1.99. The lowest BCUT2D eigenvalue weighted by Gasteiger charge is -2.07. The molecule has 0 unspecified atom stereocenters. The van der Waals surface area contributed by atoms with Crippen LogP contribution in [0.3, 0.4) is 0 Å². The number of hydrogen-bond acceptors (Lipinski definition) is 3. The minimum absolute atomic E-state index is 0.0892. The van der Waals surface area contributed by atoms with Crippen LogP contribution < -0.4 is 0 Å². The summed E-state index contributed by atoms with van der Waals surface area (Å²) in [5.74, 6) is -1.03. The summed E-state index contributed by atoms with van der Waals surface area (Å²) >= 11 is 6.09. The lowest BCUT2D eigenvalue weighted by molar-refractivity contribution is -0.143. The van der Waals surface area contributed by atoms with Crippen LogP contribution in [0.2, 0.25) is 0 Å². The molecule has 0 heterocycles. The van der Waals surface area contributed by atoms with Crippen LogP contribution in [0.15, 0.2) is 30.3 Å². The Morgan fingerprint density at radius 3 is 2.65 bits per heavy atom. The lowest BCUT2D eigenvalue weighted by atomic mass is 10.1. The first-order chi connectivity index (χ1) is 8.09. The minimum Gasteiger partial charge on any atom is -0.465 e. The molecular formula is C13H13ClO3. The zero-order chi connectivity index (χ0) is 12.5. The fourth-order valence-corrected chi connectivity index (χ4v) is 2.13. The number of rotatable bonds is 4. The molecule has 2 atom stereocenters. The largest absolute Gasteiger partial charge is 0.465 e. The second kappa shape index (κ2) is 4.49. The molecule has 1 aromatic carbocycles. The number of benzene rings is 1. The van der Waals surface area contributed by atoms with E-state index in [9.17, 15) is 9.59 Å². The van der Waals surface area contributed by atoms with Gasteiger partial charge in [0.05, 0.1) is 12.5 Å². The summed E-state index contributed by atoms with van der Waals surface area (Å²) in [5.41, 5.74) is 0.587. The van der Waals surface area contributed by atoms with Gasteiger partial charge in [-0.05, 0) is 13.3 Å². The van der Waals surface area contributed by atoms with Gasteiger partial charge in [-0.15, -0.1) is 11.6 Å². The van der Waals surface area contributed by atoms with E-state index in [0.29, 0.717) is 12.0 Å². The van der Waals surface area contributed by atoms with Crippen LogP contribution in [0.25, 0.3) is 0 Å². The number of esters is 1. The molecule has 3 nitrogen and oxygen atoms in total. The number of alkyl halides is 1. The van der Waals surface area contributed by atoms with Gasteiger partial charge >= 0.3 is 5.97 Å². The predicted molar refractivity (Wildman–Crippen MR) is 64.1 cm³/mol. The SMILES string of the molecule is CCOC(=O)[C@]1(Cl)C[C@H]1C(=O)c1ccccc1. The topological polar surface area (TPSA) is 43.4 Å². The molecule has 0 amide bonds. The summed E-state index contributed by atoms with van der Waals surface area (Å²) < 4.78 is 4.86. The molecule has 0 radical (unpaired) electrons. The molecule has 1 fully saturated rings. The standard InChI is InChI=1S/C13H13ClO3/c1-2-17-12(16)13(14)8-10(13)11(15)9-6-4-3-5-7-9/h3-7,10H,2,8H2,1H3/t10-,13-/m0/s1. The van der Waals surface area contributed by atoms with Gasteiger partial charge in [-0.1, -0.05) is 30.3 Å². The number of ether oxygens (including phenoxy) is 1. The van der Waals surface area contributed by atoms with Crippen molar-refractivity contribution in [3.05, 3.63) is 35.9 Å². The first kappa shape index (κ1) is 12.1. The van der Waals surface area contributed by atoms with Crippen molar-refractivity contribution in [1.29, 1.82) is 0 Å². The van der Waals surface area contributed by atoms with E-state index in [4.69, 9.17) is 16.3 Å². The molecule has 0 saturated heterocycles. The van der Waals surface area contributed by atoms with E-state index in [1.165, 1.54) is 0 Å². The average Bonchev–Trinajstić information content (AvgIpc) is 3.04. The molecule has 0 aromatic heterocycles. The van der Waals surface area contributed by atoms with E-state index in [1.54, 1.807) is 31.2 Å². The van der Waals surface area contributed by atoms with Gasteiger partial charge in [0.15, 0.2) is 10.7 Å². The highest BCUT2D eigenvalue weighted by Gasteiger charge is 2.63. The first-order valence-electron chi connectivity index (χ1n) is 5.55. The Hall–Kier alpha value is -1.35. The van der Waals surface area contributed by atoms with Crippen LogP contribution in [0, 0.1) is 5.92 Å². The molecule has 1 aliphatic carbocycles. The molecule has 2 rings (SSSR count). The molecule has 0 N–H and O–H groups in total. The quantitative estimate of drug-likeness (QED) is 0.470. The van der Waals surface area contributed by atoms with E-state index in [0.717, 1.165) is 0 Å². The summed E-state index contributed by atoms with van der Waals surface area (Å²) in [7, 11) is 0. The second-order valence-corrected chi connectivity index (χ2v) is 4.74. The van der Waals surface area contributed by atoms with Crippen molar-refractivity contribution in [2.24, 2.45) is 5.92 Å². The molecule has 90 valence electrons. The van der Waals surface area contributed by atoms with Crippen LogP contribution in [-0.4, -0.2) is 23.2 Å². The van der Waals surface area contributed by atoms with Crippen LogP contribution in [-0.2, 0) is 9.53 Å². The van der Waals surface area contributed by atoms with Gasteiger partial charge in [0, 0.05) is 5.56 Å². The van der Waals surface area contributed by atoms with E-state index >= 15 is 0 Å². The molecular weight excluding hydrogens is 240 g/mol. The number of Topliss-reactive ketones (excluding diaryl/α,β-unsaturated/α-hetero) is 1. The second-order valence-electron chi connectivity index (χ2n) is 4.07. The Labute approximate surface area is 105 Å². The predicted octanol–water partition coefficient (Wildman–Crippen LogP) is 2.43. The van der Waals surface area contributed by atoms with Gasteiger partial charge in [0.2, 0.25) is 0 Å². The van der Waals surface area contributed by atoms with Gasteiger partial charge in [-0.3, -0.25) is 9.59 Å². The molecule has 0 spiro atoms. The van der Waals surface area contributed by atoms with Crippen molar-refractivity contribution in [2.75, 3.05) is 6.61 Å². The third-order valence-corrected chi connectivity index (χ3v) is 3.45. The van der Waals surface area contributed by atoms with Crippen LogP contribution in [0.4, 0.5) is 0 Å². The third-order valence-electron chi connectivity index (χ3n) is 2.88. The zero-order valence-electron chi connectivity index (χ0n) is 9.48. The number of halogens is 1. The highest BCUT2D eigenvalue weighted by atomic mass is 35.5. The van der Waals surface area contributed by atoms with Gasteiger partial charge in [0.1, 0.15) is 0 Å². The monoisotopic (exact) mass is 252 g/mol. The maximum Gasteiger partial charge on any atom is 0.327 e. The normalized spacial score (nSPS) is 26.4. The molecule has 4 heteroatoms. The van der Waals surface area contributed by atoms with Gasteiger partial charge in [0.25, 0.3) is 0 Å². The number of ketones is 1. The third kappa shape index (κ3) is 2.20. The van der Waals surface area contributed by atoms with Gasteiger partial charge in [-0.25, -0.2) is 0 Å². The van der Waals surface area contributed by atoms with E-state index in [-0.39, 0.29) is 12.4 Å². The van der Waals surface area contributed by atoms with E-state index in [1.807, 2.05) is 6.07 Å². The highest BCUT2D eigenvalue weighted by Crippen LogP contribution is 2.52. The number of hydrogen-bond donors (Lipinski definition) is 0. The maximum absolute atomic E-state index is 12.0. The molecule has 0 aliphatic heterocycles. The van der Waals surface area contributed by atoms with Crippen molar-refractivity contribution in [2.45, 2.75) is 18.2 Å². The fourth-order valence-electron chi connectivity index (χ4n) is 1.82. The van der Waals surface area contributed by atoms with Gasteiger partial charge < -0.3 is 4.74 Å². The Kier molecular flexibility index (Phi) is 3.20. The van der Waals surface area contributed by atoms with Crippen molar-refractivity contribution in [1.82, 2.24) is 0 Å². The summed E-state index contributed by atoms with van der Waals surface area (Å²) in [5, 5.41) is 0. The maximum atomic E-state index is 12.0. The van der Waals surface area contributed by atoms with E-state index < -0.39 is 16.8 Å². The van der Waals surface area contributed by atoms with Crippen molar-refractivity contribution >= 4 is 23.4 Å². The lowest BCUT2D eigenvalue weighted by Crippen LogP contribution is -2.24. The molecule has 1 saturated carbocycles. The van der Waals surface area contributed by atoms with Crippen molar-refractivity contribution < 1.29 is 14.3 Å². The van der Waals surface area contributed by atoms with Crippen LogP contribution >= 0.6 is 11.6 Å². The van der Waals surface area contributed by atoms with Crippen molar-refractivity contribution in [3.63, 3.8) is 0 Å². The molecule has 1 aliphatic rings. The van der Waals surface area contributed by atoms with Gasteiger partial charge in [-0.2, -0.15) is 0 Å².